The molecule has 5 nitrogen and oxygen atoms in total. The highest BCUT2D eigenvalue weighted by atomic mass is 32.1. The average Bonchev–Trinajstić information content (AvgIpc) is 2.96. The summed E-state index contributed by atoms with van der Waals surface area (Å²) in [5, 5.41) is 15.9. The lowest BCUT2D eigenvalue weighted by molar-refractivity contribution is -0.140. The molecule has 1 aliphatic rings. The zero-order chi connectivity index (χ0) is 16.1. The summed E-state index contributed by atoms with van der Waals surface area (Å²) >= 11 is 5.61. The molecule has 1 aromatic carbocycles. The Morgan fingerprint density at radius 2 is 2.14 bits per heavy atom. The third-order valence-corrected chi connectivity index (χ3v) is 4.20. The second-order valence-electron chi connectivity index (χ2n) is 5.97. The molecular formula is C16H23N3O2S. The predicted octanol–water partition coefficient (Wildman–Crippen LogP) is 2.16. The molecule has 6 heteroatoms. The van der Waals surface area contributed by atoms with Gasteiger partial charge in [-0.1, -0.05) is 44.3 Å². The minimum atomic E-state index is -0.838. The van der Waals surface area contributed by atoms with Crippen molar-refractivity contribution in [2.45, 2.75) is 32.4 Å². The van der Waals surface area contributed by atoms with Gasteiger partial charge in [-0.2, -0.15) is 0 Å². The summed E-state index contributed by atoms with van der Waals surface area (Å²) in [6, 6.07) is 9.25. The van der Waals surface area contributed by atoms with Crippen molar-refractivity contribution in [1.29, 1.82) is 0 Å². The summed E-state index contributed by atoms with van der Waals surface area (Å²) in [4.78, 5) is 13.8. The molecular weight excluding hydrogens is 298 g/mol. The Bertz CT molecular complexity index is 521. The third kappa shape index (κ3) is 4.18. The van der Waals surface area contributed by atoms with Crippen molar-refractivity contribution >= 4 is 28.9 Å². The molecule has 0 bridgehead atoms. The molecule has 1 heterocycles. The first kappa shape index (κ1) is 16.7. The monoisotopic (exact) mass is 321 g/mol. The predicted molar refractivity (Wildman–Crippen MR) is 92.0 cm³/mol. The van der Waals surface area contributed by atoms with Gasteiger partial charge in [-0.15, -0.1) is 0 Å². The van der Waals surface area contributed by atoms with Crippen molar-refractivity contribution in [1.82, 2.24) is 10.2 Å². The molecule has 1 fully saturated rings. The normalized spacial score (nSPS) is 19.2. The molecule has 0 aromatic heterocycles. The first-order chi connectivity index (χ1) is 10.5. The molecule has 0 saturated carbocycles. The third-order valence-electron chi connectivity index (χ3n) is 3.68. The lowest BCUT2D eigenvalue weighted by atomic mass is 10.0. The van der Waals surface area contributed by atoms with Crippen LogP contribution in [-0.2, 0) is 4.79 Å². The van der Waals surface area contributed by atoms with E-state index in [1.54, 1.807) is 4.90 Å². The summed E-state index contributed by atoms with van der Waals surface area (Å²) in [6.07, 6.45) is 0.858. The maximum absolute atomic E-state index is 11.4. The first-order valence-electron chi connectivity index (χ1n) is 7.54. The smallest absolute Gasteiger partial charge is 0.327 e. The number of hydrogen-bond donors (Lipinski definition) is 3. The van der Waals surface area contributed by atoms with Crippen molar-refractivity contribution in [2.24, 2.45) is 5.92 Å². The van der Waals surface area contributed by atoms with Gasteiger partial charge in [0.05, 0.1) is 12.7 Å². The zero-order valence-electron chi connectivity index (χ0n) is 13.0. The van der Waals surface area contributed by atoms with E-state index in [1.165, 1.54) is 0 Å². The van der Waals surface area contributed by atoms with Gasteiger partial charge in [0.2, 0.25) is 0 Å². The molecule has 3 N–H and O–H groups in total. The topological polar surface area (TPSA) is 64.6 Å². The van der Waals surface area contributed by atoms with Crippen LogP contribution in [0.3, 0.4) is 0 Å². The fraction of sp³-hybridized carbons (Fsp3) is 0.500. The molecule has 120 valence electrons. The van der Waals surface area contributed by atoms with Crippen LogP contribution in [-0.4, -0.2) is 46.3 Å². The number of carboxylic acid groups (broad SMARTS) is 1. The molecule has 0 aliphatic carbocycles. The fourth-order valence-corrected chi connectivity index (χ4v) is 2.97. The van der Waals surface area contributed by atoms with Crippen LogP contribution in [0.5, 0.6) is 0 Å². The van der Waals surface area contributed by atoms with E-state index in [0.717, 1.165) is 12.1 Å². The van der Waals surface area contributed by atoms with Gasteiger partial charge in [0.1, 0.15) is 11.0 Å². The van der Waals surface area contributed by atoms with Crippen LogP contribution >= 0.6 is 12.2 Å². The highest BCUT2D eigenvalue weighted by Crippen LogP contribution is 2.18. The van der Waals surface area contributed by atoms with Crippen molar-refractivity contribution in [3.8, 4) is 0 Å². The molecule has 1 aromatic rings. The lowest BCUT2D eigenvalue weighted by Crippen LogP contribution is -2.48. The largest absolute Gasteiger partial charge is 0.480 e. The highest BCUT2D eigenvalue weighted by Gasteiger charge is 2.34. The van der Waals surface area contributed by atoms with Gasteiger partial charge in [-0.3, -0.25) is 5.32 Å². The molecule has 22 heavy (non-hydrogen) atoms. The molecule has 1 aliphatic heterocycles. The van der Waals surface area contributed by atoms with Crippen molar-refractivity contribution < 1.29 is 9.90 Å². The summed E-state index contributed by atoms with van der Waals surface area (Å²) < 4.78 is 0. The van der Waals surface area contributed by atoms with Gasteiger partial charge in [-0.25, -0.2) is 4.79 Å². The number of thiocarbonyl (C=S) groups is 1. The molecule has 0 spiro atoms. The first-order valence-corrected chi connectivity index (χ1v) is 7.95. The van der Waals surface area contributed by atoms with Crippen LogP contribution in [0.25, 0.3) is 0 Å². The SMILES string of the molecule is CC(C)CC(Nc1ccccc1)C(=S)N1CNCC1C(=O)O. The Kier molecular flexibility index (Phi) is 5.74. The molecule has 0 radical (unpaired) electrons. The number of anilines is 1. The Balaban J connectivity index is 2.14. The molecule has 2 unspecified atom stereocenters. The highest BCUT2D eigenvalue weighted by molar-refractivity contribution is 7.80. The number of carboxylic acids is 1. The van der Waals surface area contributed by atoms with Gasteiger partial charge in [0, 0.05) is 12.2 Å². The van der Waals surface area contributed by atoms with E-state index < -0.39 is 12.0 Å². The minimum absolute atomic E-state index is 0.0563. The number of aliphatic carboxylic acids is 1. The van der Waals surface area contributed by atoms with Crippen LogP contribution in [0.4, 0.5) is 5.69 Å². The van der Waals surface area contributed by atoms with E-state index in [9.17, 15) is 9.90 Å². The number of rotatable bonds is 6. The summed E-state index contributed by atoms with van der Waals surface area (Å²) in [5.41, 5.74) is 0.995. The maximum Gasteiger partial charge on any atom is 0.327 e. The number of hydrogen-bond acceptors (Lipinski definition) is 4. The van der Waals surface area contributed by atoms with E-state index in [2.05, 4.69) is 24.5 Å². The summed E-state index contributed by atoms with van der Waals surface area (Å²) in [5.74, 6) is -0.381. The Morgan fingerprint density at radius 1 is 1.45 bits per heavy atom. The van der Waals surface area contributed by atoms with Crippen LogP contribution in [0, 0.1) is 5.92 Å². The molecule has 2 atom stereocenters. The average molecular weight is 321 g/mol. The van der Waals surface area contributed by atoms with Crippen molar-refractivity contribution in [3.05, 3.63) is 30.3 Å². The van der Waals surface area contributed by atoms with Crippen molar-refractivity contribution in [3.63, 3.8) is 0 Å². The Hall–Kier alpha value is -1.66. The number of nitrogens with zero attached hydrogens (tertiary/aromatic N) is 1. The van der Waals surface area contributed by atoms with Crippen LogP contribution in [0.1, 0.15) is 20.3 Å². The summed E-state index contributed by atoms with van der Waals surface area (Å²) in [6.45, 7) is 5.19. The van der Waals surface area contributed by atoms with Crippen LogP contribution in [0.15, 0.2) is 30.3 Å². The minimum Gasteiger partial charge on any atom is -0.480 e. The van der Waals surface area contributed by atoms with Gasteiger partial charge in [-0.05, 0) is 24.5 Å². The number of para-hydroxylation sites is 1. The van der Waals surface area contributed by atoms with E-state index in [1.807, 2.05) is 30.3 Å². The van der Waals surface area contributed by atoms with Crippen LogP contribution in [0.2, 0.25) is 0 Å². The molecule has 0 amide bonds. The van der Waals surface area contributed by atoms with Gasteiger partial charge < -0.3 is 15.3 Å². The lowest BCUT2D eigenvalue weighted by Gasteiger charge is -2.31. The Morgan fingerprint density at radius 3 is 2.73 bits per heavy atom. The van der Waals surface area contributed by atoms with E-state index in [-0.39, 0.29) is 6.04 Å². The van der Waals surface area contributed by atoms with E-state index in [0.29, 0.717) is 24.1 Å². The van der Waals surface area contributed by atoms with Gasteiger partial charge in [0.15, 0.2) is 0 Å². The van der Waals surface area contributed by atoms with Gasteiger partial charge >= 0.3 is 5.97 Å². The number of benzene rings is 1. The van der Waals surface area contributed by atoms with Crippen LogP contribution < -0.4 is 10.6 Å². The molecule has 1 saturated heterocycles. The number of nitrogens with one attached hydrogen (secondary N) is 2. The standard InChI is InChI=1S/C16H23N3O2S/c1-11(2)8-13(18-12-6-4-3-5-7-12)15(22)19-10-17-9-14(19)16(20)21/h3-7,11,13-14,17-18H,8-10H2,1-2H3,(H,20,21). The second kappa shape index (κ2) is 7.56. The molecule has 2 rings (SSSR count). The van der Waals surface area contributed by atoms with E-state index in [4.69, 9.17) is 12.2 Å². The van der Waals surface area contributed by atoms with E-state index >= 15 is 0 Å². The zero-order valence-corrected chi connectivity index (χ0v) is 13.8. The van der Waals surface area contributed by atoms with Crippen molar-refractivity contribution in [2.75, 3.05) is 18.5 Å². The summed E-state index contributed by atoms with van der Waals surface area (Å²) in [7, 11) is 0. The second-order valence-corrected chi connectivity index (χ2v) is 6.39. The number of carbonyl (C=O) groups is 1. The fourth-order valence-electron chi connectivity index (χ4n) is 2.62. The Labute approximate surface area is 136 Å². The maximum atomic E-state index is 11.4. The quantitative estimate of drug-likeness (QED) is 0.698. The van der Waals surface area contributed by atoms with Gasteiger partial charge in [0.25, 0.3) is 0 Å².